The van der Waals surface area contributed by atoms with Crippen LogP contribution >= 0.6 is 11.8 Å². The molecule has 0 aromatic heterocycles. The van der Waals surface area contributed by atoms with Crippen molar-refractivity contribution in [3.05, 3.63) is 0 Å². The molecule has 0 bridgehead atoms. The van der Waals surface area contributed by atoms with E-state index in [1.165, 1.54) is 36.6 Å². The minimum absolute atomic E-state index is 0.293. The van der Waals surface area contributed by atoms with Gasteiger partial charge >= 0.3 is 0 Å². The molecule has 2 nitrogen and oxygen atoms in total. The Morgan fingerprint density at radius 1 is 1.11 bits per heavy atom. The molecule has 3 atom stereocenters. The van der Waals surface area contributed by atoms with Gasteiger partial charge in [0.05, 0.1) is 6.04 Å². The highest BCUT2D eigenvalue weighted by Crippen LogP contribution is 2.32. The van der Waals surface area contributed by atoms with E-state index in [1.807, 2.05) is 11.8 Å². The van der Waals surface area contributed by atoms with Crippen molar-refractivity contribution in [1.29, 1.82) is 0 Å². The van der Waals surface area contributed by atoms with Crippen LogP contribution in [0.25, 0.3) is 0 Å². The van der Waals surface area contributed by atoms with Crippen molar-refractivity contribution < 1.29 is 0 Å². The van der Waals surface area contributed by atoms with Gasteiger partial charge in [-0.25, -0.2) is 0 Å². The zero-order valence-corrected chi connectivity index (χ0v) is 14.0. The fourth-order valence-corrected chi connectivity index (χ4v) is 4.44. The van der Waals surface area contributed by atoms with Crippen LogP contribution in [0.2, 0.25) is 0 Å². The molecule has 19 heavy (non-hydrogen) atoms. The van der Waals surface area contributed by atoms with E-state index < -0.39 is 0 Å². The highest BCUT2D eigenvalue weighted by molar-refractivity contribution is 8.13. The van der Waals surface area contributed by atoms with Crippen LogP contribution in [0.4, 0.5) is 0 Å². The van der Waals surface area contributed by atoms with Crippen LogP contribution in [0.1, 0.15) is 60.3 Å². The largest absolute Gasteiger partial charge is 0.362 e. The third-order valence-corrected chi connectivity index (χ3v) is 5.35. The molecular weight excluding hydrogens is 252 g/mol. The average Bonchev–Trinajstić information content (AvgIpc) is 2.26. The molecular formula is C16H30N2S. The van der Waals surface area contributed by atoms with E-state index in [4.69, 9.17) is 4.99 Å². The standard InChI is InChI=1S/C16H30N2S/c1-11-8-12(2)10-13(9-11)17-15-18-14(6-7-19-15)16(3,4)5/h11-14H,6-10H2,1-5H3,(H,17,18). The minimum atomic E-state index is 0.293. The number of hydrogen-bond acceptors (Lipinski definition) is 3. The zero-order valence-electron chi connectivity index (χ0n) is 13.2. The van der Waals surface area contributed by atoms with Crippen LogP contribution in [0.3, 0.4) is 0 Å². The number of hydrogen-bond donors (Lipinski definition) is 1. The molecule has 2 rings (SSSR count). The third kappa shape index (κ3) is 4.40. The summed E-state index contributed by atoms with van der Waals surface area (Å²) in [4.78, 5) is 4.97. The molecule has 0 radical (unpaired) electrons. The molecule has 1 heterocycles. The number of nitrogens with zero attached hydrogens (tertiary/aromatic N) is 1. The topological polar surface area (TPSA) is 24.4 Å². The number of aliphatic imine (C=N–C) groups is 1. The van der Waals surface area contributed by atoms with Gasteiger partial charge in [0.15, 0.2) is 5.17 Å². The lowest BCUT2D eigenvalue weighted by Gasteiger charge is -2.35. The maximum absolute atomic E-state index is 4.97. The molecule has 0 amide bonds. The van der Waals surface area contributed by atoms with Crippen molar-refractivity contribution in [2.24, 2.45) is 22.2 Å². The second-order valence-corrected chi connectivity index (χ2v) is 8.80. The van der Waals surface area contributed by atoms with Crippen LogP contribution in [0.15, 0.2) is 4.99 Å². The first-order chi connectivity index (χ1) is 8.84. The summed E-state index contributed by atoms with van der Waals surface area (Å²) in [5, 5.41) is 4.94. The molecule has 110 valence electrons. The van der Waals surface area contributed by atoms with Crippen molar-refractivity contribution in [2.75, 3.05) is 5.75 Å². The van der Waals surface area contributed by atoms with Gasteiger partial charge in [-0.2, -0.15) is 0 Å². The summed E-state index contributed by atoms with van der Waals surface area (Å²) in [6.07, 6.45) is 5.23. The Kier molecular flexibility index (Phi) is 4.86. The molecule has 1 aliphatic carbocycles. The lowest BCUT2D eigenvalue weighted by molar-refractivity contribution is 0.255. The van der Waals surface area contributed by atoms with Gasteiger partial charge in [-0.15, -0.1) is 0 Å². The van der Waals surface area contributed by atoms with Gasteiger partial charge in [-0.1, -0.05) is 46.4 Å². The summed E-state index contributed by atoms with van der Waals surface area (Å²) in [7, 11) is 0. The lowest BCUT2D eigenvalue weighted by atomic mass is 9.80. The van der Waals surface area contributed by atoms with Crippen LogP contribution in [-0.4, -0.2) is 23.0 Å². The van der Waals surface area contributed by atoms with E-state index in [0.29, 0.717) is 17.5 Å². The number of nitrogens with one attached hydrogen (secondary N) is 1. The second-order valence-electron chi connectivity index (χ2n) is 7.71. The van der Waals surface area contributed by atoms with E-state index in [2.05, 4.69) is 39.9 Å². The zero-order chi connectivity index (χ0) is 14.0. The summed E-state index contributed by atoms with van der Waals surface area (Å²) >= 11 is 1.92. The monoisotopic (exact) mass is 282 g/mol. The van der Waals surface area contributed by atoms with E-state index in [0.717, 1.165) is 11.8 Å². The van der Waals surface area contributed by atoms with E-state index in [9.17, 15) is 0 Å². The van der Waals surface area contributed by atoms with Gasteiger partial charge in [0.1, 0.15) is 0 Å². The Bertz CT molecular complexity index is 322. The fourth-order valence-electron chi connectivity index (χ4n) is 3.46. The highest BCUT2D eigenvalue weighted by Gasteiger charge is 2.29. The summed E-state index contributed by atoms with van der Waals surface area (Å²) in [5.41, 5.74) is 0.293. The van der Waals surface area contributed by atoms with Gasteiger partial charge in [0, 0.05) is 11.8 Å². The Balaban J connectivity index is 1.96. The Morgan fingerprint density at radius 3 is 2.32 bits per heavy atom. The highest BCUT2D eigenvalue weighted by atomic mass is 32.2. The number of thioether (sulfide) groups is 1. The molecule has 0 saturated heterocycles. The SMILES string of the molecule is CC1CC(C)CC(NC2=NC(C(C)(C)C)CCS2)C1. The Labute approximate surface area is 123 Å². The van der Waals surface area contributed by atoms with Crippen molar-refractivity contribution in [1.82, 2.24) is 5.32 Å². The molecule has 3 unspecified atom stereocenters. The molecule has 0 aromatic rings. The molecule has 2 aliphatic rings. The maximum Gasteiger partial charge on any atom is 0.157 e. The smallest absolute Gasteiger partial charge is 0.157 e. The van der Waals surface area contributed by atoms with Crippen LogP contribution in [-0.2, 0) is 0 Å². The molecule has 1 N–H and O–H groups in total. The van der Waals surface area contributed by atoms with E-state index >= 15 is 0 Å². The van der Waals surface area contributed by atoms with Gasteiger partial charge < -0.3 is 5.32 Å². The summed E-state index contributed by atoms with van der Waals surface area (Å²) in [5.74, 6) is 2.92. The fraction of sp³-hybridized carbons (Fsp3) is 0.938. The van der Waals surface area contributed by atoms with E-state index in [-0.39, 0.29) is 0 Å². The summed E-state index contributed by atoms with van der Waals surface area (Å²) in [6.45, 7) is 11.7. The van der Waals surface area contributed by atoms with E-state index in [1.54, 1.807) is 0 Å². The number of rotatable bonds is 1. The molecule has 1 aliphatic heterocycles. The average molecular weight is 282 g/mol. The van der Waals surface area contributed by atoms with Gasteiger partial charge in [0.25, 0.3) is 0 Å². The summed E-state index contributed by atoms with van der Waals surface area (Å²) < 4.78 is 0. The summed E-state index contributed by atoms with van der Waals surface area (Å²) in [6, 6.07) is 1.12. The predicted octanol–water partition coefficient (Wildman–Crippen LogP) is 4.31. The quantitative estimate of drug-likeness (QED) is 0.775. The van der Waals surface area contributed by atoms with Crippen molar-refractivity contribution in [3.63, 3.8) is 0 Å². The Hall–Kier alpha value is -0.180. The van der Waals surface area contributed by atoms with Crippen molar-refractivity contribution >= 4 is 16.9 Å². The maximum atomic E-state index is 4.97. The van der Waals surface area contributed by atoms with Crippen molar-refractivity contribution in [3.8, 4) is 0 Å². The van der Waals surface area contributed by atoms with Crippen LogP contribution < -0.4 is 5.32 Å². The van der Waals surface area contributed by atoms with Gasteiger partial charge in [-0.05, 0) is 42.9 Å². The molecule has 1 saturated carbocycles. The van der Waals surface area contributed by atoms with Crippen LogP contribution in [0.5, 0.6) is 0 Å². The third-order valence-electron chi connectivity index (χ3n) is 4.41. The minimum Gasteiger partial charge on any atom is -0.362 e. The lowest BCUT2D eigenvalue weighted by Crippen LogP contribution is -2.41. The molecule has 1 fully saturated rings. The van der Waals surface area contributed by atoms with Gasteiger partial charge in [0.2, 0.25) is 0 Å². The Morgan fingerprint density at radius 2 is 1.74 bits per heavy atom. The first-order valence-corrected chi connectivity index (χ1v) is 8.80. The normalized spacial score (nSPS) is 36.8. The molecule has 0 aromatic carbocycles. The first kappa shape index (κ1) is 15.2. The van der Waals surface area contributed by atoms with Crippen LogP contribution in [0, 0.1) is 17.3 Å². The molecule has 0 spiro atoms. The predicted molar refractivity (Wildman–Crippen MR) is 86.9 cm³/mol. The van der Waals surface area contributed by atoms with Gasteiger partial charge in [-0.3, -0.25) is 4.99 Å². The first-order valence-electron chi connectivity index (χ1n) is 7.81. The molecule has 3 heteroatoms. The second kappa shape index (κ2) is 6.07. The van der Waals surface area contributed by atoms with Crippen molar-refractivity contribution in [2.45, 2.75) is 72.4 Å². The number of amidine groups is 1.